The Balaban J connectivity index is 1.61. The molecule has 1 unspecified atom stereocenters. The fraction of sp³-hybridized carbons (Fsp3) is 0.952. The van der Waals surface area contributed by atoms with Gasteiger partial charge in [0.1, 0.15) is 0 Å². The number of aliphatic imine (C=N–C) groups is 1. The number of rotatable bonds is 11. The van der Waals surface area contributed by atoms with Crippen LogP contribution in [0.15, 0.2) is 4.99 Å². The maximum Gasteiger partial charge on any atom is 0.190 e. The Hall–Kier alpha value is -0.850. The second-order valence-electron chi connectivity index (χ2n) is 7.98. The van der Waals surface area contributed by atoms with E-state index in [1.807, 2.05) is 7.05 Å². The minimum absolute atomic E-state index is 0.402. The third-order valence-electron chi connectivity index (χ3n) is 6.13. The van der Waals surface area contributed by atoms with Crippen molar-refractivity contribution in [2.75, 3.05) is 60.1 Å². The van der Waals surface area contributed by atoms with Gasteiger partial charge in [0.2, 0.25) is 0 Å². The SMILES string of the molecule is CCOC(CCNC(=NC)NCC1CCN(CCOC)CC1)C1CCCC1. The minimum atomic E-state index is 0.402. The van der Waals surface area contributed by atoms with Gasteiger partial charge in [-0.3, -0.25) is 4.99 Å². The van der Waals surface area contributed by atoms with Crippen LogP contribution >= 0.6 is 0 Å². The van der Waals surface area contributed by atoms with Crippen molar-refractivity contribution in [3.05, 3.63) is 0 Å². The Morgan fingerprint density at radius 3 is 2.52 bits per heavy atom. The second-order valence-corrected chi connectivity index (χ2v) is 7.98. The van der Waals surface area contributed by atoms with E-state index in [0.29, 0.717) is 6.10 Å². The van der Waals surface area contributed by atoms with Crippen LogP contribution in [0.5, 0.6) is 0 Å². The van der Waals surface area contributed by atoms with Crippen molar-refractivity contribution in [1.29, 1.82) is 0 Å². The van der Waals surface area contributed by atoms with Crippen LogP contribution in [0.1, 0.15) is 51.9 Å². The van der Waals surface area contributed by atoms with Crippen LogP contribution in [-0.4, -0.2) is 77.1 Å². The fourth-order valence-electron chi connectivity index (χ4n) is 4.43. The van der Waals surface area contributed by atoms with Gasteiger partial charge in [-0.2, -0.15) is 0 Å². The molecule has 0 aromatic carbocycles. The smallest absolute Gasteiger partial charge is 0.190 e. The molecule has 6 heteroatoms. The molecule has 2 N–H and O–H groups in total. The number of likely N-dealkylation sites (tertiary alicyclic amines) is 1. The van der Waals surface area contributed by atoms with Crippen molar-refractivity contribution in [2.24, 2.45) is 16.8 Å². The molecular weight excluding hydrogens is 340 g/mol. The predicted molar refractivity (Wildman–Crippen MR) is 112 cm³/mol. The molecule has 1 atom stereocenters. The number of ether oxygens (including phenoxy) is 2. The first-order chi connectivity index (χ1) is 13.3. The minimum Gasteiger partial charge on any atom is -0.383 e. The van der Waals surface area contributed by atoms with Gasteiger partial charge in [-0.1, -0.05) is 12.8 Å². The van der Waals surface area contributed by atoms with Gasteiger partial charge in [0.25, 0.3) is 0 Å². The standard InChI is InChI=1S/C21H42N4O2/c1-4-27-20(19-7-5-6-8-19)9-12-23-21(22-2)24-17-18-10-13-25(14-11-18)15-16-26-3/h18-20H,4-17H2,1-3H3,(H2,22,23,24). The normalized spacial score (nSPS) is 21.5. The van der Waals surface area contributed by atoms with E-state index in [1.54, 1.807) is 7.11 Å². The third kappa shape index (κ3) is 8.36. The number of hydrogen-bond acceptors (Lipinski definition) is 4. The van der Waals surface area contributed by atoms with E-state index in [4.69, 9.17) is 9.47 Å². The Morgan fingerprint density at radius 1 is 1.15 bits per heavy atom. The van der Waals surface area contributed by atoms with Crippen molar-refractivity contribution >= 4 is 5.96 Å². The Morgan fingerprint density at radius 2 is 1.89 bits per heavy atom. The molecule has 1 aliphatic carbocycles. The topological polar surface area (TPSA) is 58.1 Å². The van der Waals surface area contributed by atoms with Crippen LogP contribution in [0.2, 0.25) is 0 Å². The molecule has 1 saturated carbocycles. The molecule has 6 nitrogen and oxygen atoms in total. The lowest BCUT2D eigenvalue weighted by Gasteiger charge is -2.32. The summed E-state index contributed by atoms with van der Waals surface area (Å²) in [6, 6.07) is 0. The largest absolute Gasteiger partial charge is 0.383 e. The fourth-order valence-corrected chi connectivity index (χ4v) is 4.43. The van der Waals surface area contributed by atoms with Gasteiger partial charge in [0.15, 0.2) is 5.96 Å². The molecule has 158 valence electrons. The van der Waals surface area contributed by atoms with E-state index in [0.717, 1.165) is 57.1 Å². The number of nitrogens with one attached hydrogen (secondary N) is 2. The average molecular weight is 383 g/mol. The Bertz CT molecular complexity index is 405. The van der Waals surface area contributed by atoms with Gasteiger partial charge < -0.3 is 25.0 Å². The van der Waals surface area contributed by atoms with Crippen molar-refractivity contribution in [1.82, 2.24) is 15.5 Å². The van der Waals surface area contributed by atoms with Gasteiger partial charge >= 0.3 is 0 Å². The molecule has 1 heterocycles. The molecule has 1 saturated heterocycles. The maximum absolute atomic E-state index is 6.02. The second kappa shape index (κ2) is 13.3. The number of guanidine groups is 1. The van der Waals surface area contributed by atoms with Gasteiger partial charge in [0, 0.05) is 40.4 Å². The summed E-state index contributed by atoms with van der Waals surface area (Å²) in [5, 5.41) is 7.02. The van der Waals surface area contributed by atoms with Crippen molar-refractivity contribution < 1.29 is 9.47 Å². The first-order valence-electron chi connectivity index (χ1n) is 11.0. The summed E-state index contributed by atoms with van der Waals surface area (Å²) in [5.74, 6) is 2.42. The molecular formula is C21H42N4O2. The van der Waals surface area contributed by atoms with Crippen LogP contribution in [0.3, 0.4) is 0 Å². The number of hydrogen-bond donors (Lipinski definition) is 2. The van der Waals surface area contributed by atoms with Crippen molar-refractivity contribution in [3.63, 3.8) is 0 Å². The van der Waals surface area contributed by atoms with Crippen molar-refractivity contribution in [2.45, 2.75) is 58.0 Å². The van der Waals surface area contributed by atoms with E-state index in [2.05, 4.69) is 27.4 Å². The average Bonchev–Trinajstić information content (AvgIpc) is 3.23. The summed E-state index contributed by atoms with van der Waals surface area (Å²) in [7, 11) is 3.64. The lowest BCUT2D eigenvalue weighted by atomic mass is 9.97. The van der Waals surface area contributed by atoms with E-state index in [9.17, 15) is 0 Å². The zero-order chi connectivity index (χ0) is 19.3. The summed E-state index contributed by atoms with van der Waals surface area (Å²) < 4.78 is 11.2. The summed E-state index contributed by atoms with van der Waals surface area (Å²) >= 11 is 0. The molecule has 2 rings (SSSR count). The molecule has 0 bridgehead atoms. The highest BCUT2D eigenvalue weighted by atomic mass is 16.5. The molecule has 0 radical (unpaired) electrons. The molecule has 2 fully saturated rings. The van der Waals surface area contributed by atoms with Crippen LogP contribution in [0, 0.1) is 11.8 Å². The summed E-state index contributed by atoms with van der Waals surface area (Å²) in [5.41, 5.74) is 0. The summed E-state index contributed by atoms with van der Waals surface area (Å²) in [4.78, 5) is 6.90. The molecule has 2 aliphatic rings. The van der Waals surface area contributed by atoms with Gasteiger partial charge in [0.05, 0.1) is 12.7 Å². The lowest BCUT2D eigenvalue weighted by Crippen LogP contribution is -2.44. The zero-order valence-corrected chi connectivity index (χ0v) is 17.8. The van der Waals surface area contributed by atoms with Gasteiger partial charge in [-0.15, -0.1) is 0 Å². The van der Waals surface area contributed by atoms with E-state index in [-0.39, 0.29) is 0 Å². The molecule has 0 amide bonds. The summed E-state index contributed by atoms with van der Waals surface area (Å²) in [6.07, 6.45) is 9.38. The maximum atomic E-state index is 6.02. The lowest BCUT2D eigenvalue weighted by molar-refractivity contribution is 0.0169. The number of methoxy groups -OCH3 is 1. The Kier molecular flexibility index (Phi) is 11.1. The van der Waals surface area contributed by atoms with E-state index < -0.39 is 0 Å². The van der Waals surface area contributed by atoms with Crippen molar-refractivity contribution in [3.8, 4) is 0 Å². The first-order valence-corrected chi connectivity index (χ1v) is 11.0. The highest BCUT2D eigenvalue weighted by Crippen LogP contribution is 2.30. The monoisotopic (exact) mass is 382 g/mol. The molecule has 0 aromatic rings. The van der Waals surface area contributed by atoms with Crippen LogP contribution < -0.4 is 10.6 Å². The number of nitrogens with zero attached hydrogens (tertiary/aromatic N) is 2. The third-order valence-corrected chi connectivity index (χ3v) is 6.13. The van der Waals surface area contributed by atoms with Gasteiger partial charge in [-0.05, 0) is 64.0 Å². The highest BCUT2D eigenvalue weighted by molar-refractivity contribution is 5.79. The molecule has 1 aliphatic heterocycles. The van der Waals surface area contributed by atoms with E-state index >= 15 is 0 Å². The molecule has 0 spiro atoms. The summed E-state index contributed by atoms with van der Waals surface area (Å²) in [6.45, 7) is 9.11. The van der Waals surface area contributed by atoms with Gasteiger partial charge in [-0.25, -0.2) is 0 Å². The molecule has 27 heavy (non-hydrogen) atoms. The van der Waals surface area contributed by atoms with E-state index in [1.165, 1.54) is 51.6 Å². The first kappa shape index (κ1) is 22.4. The predicted octanol–water partition coefficient (Wildman–Crippen LogP) is 2.50. The highest BCUT2D eigenvalue weighted by Gasteiger charge is 2.25. The van der Waals surface area contributed by atoms with Crippen LogP contribution in [0.25, 0.3) is 0 Å². The zero-order valence-electron chi connectivity index (χ0n) is 17.8. The van der Waals surface area contributed by atoms with Crippen LogP contribution in [-0.2, 0) is 9.47 Å². The van der Waals surface area contributed by atoms with Crippen LogP contribution in [0.4, 0.5) is 0 Å². The quantitative estimate of drug-likeness (QED) is 0.425. The molecule has 0 aromatic heterocycles. The number of piperidine rings is 1. The Labute approximate surface area is 166 Å².